The van der Waals surface area contributed by atoms with Gasteiger partial charge in [0, 0.05) is 29.9 Å². The topological polar surface area (TPSA) is 49.4 Å². The van der Waals surface area contributed by atoms with E-state index in [1.54, 1.807) is 0 Å². The average molecular weight is 416 g/mol. The van der Waals surface area contributed by atoms with Gasteiger partial charge in [-0.3, -0.25) is 9.59 Å². The Morgan fingerprint density at radius 2 is 1.45 bits per heavy atom. The number of nitrogens with zero attached hydrogens (tertiary/aromatic N) is 1. The predicted molar refractivity (Wildman–Crippen MR) is 92.4 cm³/mol. The number of amides is 2. The highest BCUT2D eigenvalue weighted by molar-refractivity contribution is 6.05. The van der Waals surface area contributed by atoms with Gasteiger partial charge in [0.2, 0.25) is 5.91 Å². The lowest BCUT2D eigenvalue weighted by atomic mass is 10.1. The monoisotopic (exact) mass is 416 g/mol. The van der Waals surface area contributed by atoms with Crippen LogP contribution in [0.2, 0.25) is 0 Å². The van der Waals surface area contributed by atoms with Crippen LogP contribution in [0.5, 0.6) is 0 Å². The molecule has 4 nitrogen and oxygen atoms in total. The minimum absolute atomic E-state index is 0.0164. The van der Waals surface area contributed by atoms with Crippen LogP contribution < -0.4 is 10.2 Å². The molecule has 0 unspecified atom stereocenters. The number of halogens is 6. The molecule has 1 fully saturated rings. The summed E-state index contributed by atoms with van der Waals surface area (Å²) in [6.45, 7) is 0.537. The van der Waals surface area contributed by atoms with Gasteiger partial charge in [-0.25, -0.2) is 0 Å². The molecule has 0 radical (unpaired) electrons. The van der Waals surface area contributed by atoms with E-state index in [0.29, 0.717) is 37.2 Å². The fraction of sp³-hybridized carbons (Fsp3) is 0.263. The average Bonchev–Trinajstić information content (AvgIpc) is 3.06. The Bertz CT molecular complexity index is 903. The van der Waals surface area contributed by atoms with Crippen molar-refractivity contribution < 1.29 is 35.9 Å². The Balaban J connectivity index is 1.83. The lowest BCUT2D eigenvalue weighted by Gasteiger charge is -2.16. The predicted octanol–water partition coefficient (Wildman–Crippen LogP) is 5.10. The van der Waals surface area contributed by atoms with Crippen molar-refractivity contribution in [1.29, 1.82) is 0 Å². The number of rotatable bonds is 3. The van der Waals surface area contributed by atoms with E-state index in [-0.39, 0.29) is 17.5 Å². The Kier molecular flexibility index (Phi) is 5.29. The standard InChI is InChI=1S/C19H14F6N2O2/c20-18(21,22)12-8-13(19(23,24)25)10-14(9-12)26-17(29)11-3-5-15(6-4-11)27-7-1-2-16(27)28/h3-6,8-10H,1-2,7H2,(H,26,29). The number of nitrogens with one attached hydrogen (secondary N) is 1. The van der Waals surface area contributed by atoms with Gasteiger partial charge in [0.1, 0.15) is 0 Å². The number of alkyl halides is 6. The fourth-order valence-corrected chi connectivity index (χ4v) is 2.94. The van der Waals surface area contributed by atoms with Crippen LogP contribution in [-0.2, 0) is 17.1 Å². The second-order valence-electron chi connectivity index (χ2n) is 6.44. The number of anilines is 2. The summed E-state index contributed by atoms with van der Waals surface area (Å²) < 4.78 is 77.4. The number of benzene rings is 2. The first-order chi connectivity index (χ1) is 13.4. The summed E-state index contributed by atoms with van der Waals surface area (Å²) in [6.07, 6.45) is -8.90. The smallest absolute Gasteiger partial charge is 0.322 e. The van der Waals surface area contributed by atoms with Crippen molar-refractivity contribution in [1.82, 2.24) is 0 Å². The molecule has 2 aromatic carbocycles. The first-order valence-corrected chi connectivity index (χ1v) is 8.46. The molecule has 10 heteroatoms. The van der Waals surface area contributed by atoms with Crippen molar-refractivity contribution in [3.05, 3.63) is 59.2 Å². The summed E-state index contributed by atoms with van der Waals surface area (Å²) in [5.41, 5.74) is -3.10. The number of hydrogen-bond donors (Lipinski definition) is 1. The van der Waals surface area contributed by atoms with Crippen molar-refractivity contribution in [2.45, 2.75) is 25.2 Å². The SMILES string of the molecule is O=C(Nc1cc(C(F)(F)F)cc(C(F)(F)F)c1)c1ccc(N2CCCC2=O)cc1. The molecule has 1 aliphatic rings. The molecule has 0 bridgehead atoms. The van der Waals surface area contributed by atoms with Crippen LogP contribution in [0, 0.1) is 0 Å². The maximum Gasteiger partial charge on any atom is 0.416 e. The summed E-state index contributed by atoms with van der Waals surface area (Å²) in [7, 11) is 0. The molecule has 3 rings (SSSR count). The Morgan fingerprint density at radius 1 is 0.897 bits per heavy atom. The molecule has 1 saturated heterocycles. The summed E-state index contributed by atoms with van der Waals surface area (Å²) in [5, 5.41) is 2.06. The first kappa shape index (κ1) is 20.7. The highest BCUT2D eigenvalue weighted by atomic mass is 19.4. The number of hydrogen-bond acceptors (Lipinski definition) is 2. The van der Waals surface area contributed by atoms with E-state index < -0.39 is 35.1 Å². The molecule has 154 valence electrons. The lowest BCUT2D eigenvalue weighted by molar-refractivity contribution is -0.143. The van der Waals surface area contributed by atoms with Crippen molar-refractivity contribution >= 4 is 23.2 Å². The van der Waals surface area contributed by atoms with Gasteiger partial charge in [-0.05, 0) is 48.9 Å². The molecule has 0 aliphatic carbocycles. The van der Waals surface area contributed by atoms with Crippen LogP contribution in [0.3, 0.4) is 0 Å². The maximum absolute atomic E-state index is 12.9. The van der Waals surface area contributed by atoms with Gasteiger partial charge in [-0.1, -0.05) is 0 Å². The van der Waals surface area contributed by atoms with E-state index in [4.69, 9.17) is 0 Å². The van der Waals surface area contributed by atoms with Gasteiger partial charge in [-0.15, -0.1) is 0 Å². The van der Waals surface area contributed by atoms with Crippen LogP contribution in [0.15, 0.2) is 42.5 Å². The van der Waals surface area contributed by atoms with E-state index in [0.717, 1.165) is 0 Å². The first-order valence-electron chi connectivity index (χ1n) is 8.46. The number of carbonyl (C=O) groups is 2. The van der Waals surface area contributed by atoms with Gasteiger partial charge in [0.05, 0.1) is 11.1 Å². The molecule has 0 spiro atoms. The Morgan fingerprint density at radius 3 is 1.90 bits per heavy atom. The normalized spacial score (nSPS) is 15.0. The molecule has 0 atom stereocenters. The molecule has 0 aromatic heterocycles. The van der Waals surface area contributed by atoms with Gasteiger partial charge in [0.15, 0.2) is 0 Å². The fourth-order valence-electron chi connectivity index (χ4n) is 2.94. The van der Waals surface area contributed by atoms with Gasteiger partial charge >= 0.3 is 12.4 Å². The highest BCUT2D eigenvalue weighted by Crippen LogP contribution is 2.37. The zero-order valence-corrected chi connectivity index (χ0v) is 14.7. The van der Waals surface area contributed by atoms with Crippen LogP contribution in [0.1, 0.15) is 34.3 Å². The Labute approximate surface area is 161 Å². The molecular formula is C19H14F6N2O2. The minimum atomic E-state index is -5.01. The minimum Gasteiger partial charge on any atom is -0.322 e. The van der Waals surface area contributed by atoms with Crippen LogP contribution in [0.25, 0.3) is 0 Å². The molecule has 0 saturated carbocycles. The summed E-state index contributed by atoms with van der Waals surface area (Å²) in [5.74, 6) is -0.942. The molecule has 2 aromatic rings. The second kappa shape index (κ2) is 7.41. The highest BCUT2D eigenvalue weighted by Gasteiger charge is 2.37. The van der Waals surface area contributed by atoms with Crippen LogP contribution >= 0.6 is 0 Å². The maximum atomic E-state index is 12.9. The second-order valence-corrected chi connectivity index (χ2v) is 6.44. The van der Waals surface area contributed by atoms with E-state index in [1.165, 1.54) is 29.2 Å². The molecule has 1 aliphatic heterocycles. The zero-order valence-electron chi connectivity index (χ0n) is 14.7. The number of carbonyl (C=O) groups excluding carboxylic acids is 2. The van der Waals surface area contributed by atoms with Crippen molar-refractivity contribution in [3.63, 3.8) is 0 Å². The van der Waals surface area contributed by atoms with E-state index in [2.05, 4.69) is 5.32 Å². The van der Waals surface area contributed by atoms with Crippen molar-refractivity contribution in [2.75, 3.05) is 16.8 Å². The summed E-state index contributed by atoms with van der Waals surface area (Å²) in [6, 6.07) is 6.52. The van der Waals surface area contributed by atoms with Crippen LogP contribution in [0.4, 0.5) is 37.7 Å². The summed E-state index contributed by atoms with van der Waals surface area (Å²) in [4.78, 5) is 25.5. The quantitative estimate of drug-likeness (QED) is 0.708. The lowest BCUT2D eigenvalue weighted by Crippen LogP contribution is -2.23. The van der Waals surface area contributed by atoms with E-state index in [9.17, 15) is 35.9 Å². The molecule has 1 N–H and O–H groups in total. The summed E-state index contributed by atoms with van der Waals surface area (Å²) >= 11 is 0. The van der Waals surface area contributed by atoms with E-state index in [1.807, 2.05) is 0 Å². The Hall–Kier alpha value is -3.04. The van der Waals surface area contributed by atoms with Crippen molar-refractivity contribution in [3.8, 4) is 0 Å². The van der Waals surface area contributed by atoms with Gasteiger partial charge in [-0.2, -0.15) is 26.3 Å². The van der Waals surface area contributed by atoms with E-state index >= 15 is 0 Å². The largest absolute Gasteiger partial charge is 0.416 e. The van der Waals surface area contributed by atoms with Gasteiger partial charge < -0.3 is 10.2 Å². The molecular weight excluding hydrogens is 402 g/mol. The molecule has 1 heterocycles. The zero-order chi connectivity index (χ0) is 21.4. The van der Waals surface area contributed by atoms with Crippen molar-refractivity contribution in [2.24, 2.45) is 0 Å². The van der Waals surface area contributed by atoms with Crippen LogP contribution in [-0.4, -0.2) is 18.4 Å². The molecule has 29 heavy (non-hydrogen) atoms. The third kappa shape index (κ3) is 4.69. The molecule has 2 amide bonds. The van der Waals surface area contributed by atoms with Gasteiger partial charge in [0.25, 0.3) is 5.91 Å². The third-order valence-corrected chi connectivity index (χ3v) is 4.36. The third-order valence-electron chi connectivity index (χ3n) is 4.36.